The second-order valence-electron chi connectivity index (χ2n) is 6.37. The van der Waals surface area contributed by atoms with Gasteiger partial charge in [-0.15, -0.1) is 0 Å². The number of halogens is 1. The number of benzene rings is 2. The summed E-state index contributed by atoms with van der Waals surface area (Å²) >= 11 is 6.13. The van der Waals surface area contributed by atoms with Crippen LogP contribution in [0.25, 0.3) is 0 Å². The van der Waals surface area contributed by atoms with E-state index >= 15 is 0 Å². The maximum absolute atomic E-state index is 12.7. The number of carbonyl (C=O) groups is 1. The lowest BCUT2D eigenvalue weighted by atomic mass is 10.2. The molecule has 0 saturated carbocycles. The van der Waals surface area contributed by atoms with Crippen LogP contribution in [-0.4, -0.2) is 38.4 Å². The summed E-state index contributed by atoms with van der Waals surface area (Å²) in [5, 5.41) is 0.142. The van der Waals surface area contributed by atoms with Crippen molar-refractivity contribution in [2.45, 2.75) is 31.3 Å². The number of sulfonamides is 1. The van der Waals surface area contributed by atoms with Crippen LogP contribution in [-0.2, 0) is 21.4 Å². The largest absolute Gasteiger partial charge is 0.493 e. The van der Waals surface area contributed by atoms with Gasteiger partial charge >= 0.3 is 5.97 Å². The topological polar surface area (TPSA) is 72.9 Å². The van der Waals surface area contributed by atoms with Crippen molar-refractivity contribution >= 4 is 27.6 Å². The highest BCUT2D eigenvalue weighted by Gasteiger charge is 2.28. The molecule has 0 atom stereocenters. The van der Waals surface area contributed by atoms with Crippen molar-refractivity contribution in [1.82, 2.24) is 4.31 Å². The molecule has 0 radical (unpaired) electrons. The van der Waals surface area contributed by atoms with Gasteiger partial charge in [-0.1, -0.05) is 29.8 Å². The molecule has 0 spiro atoms. The van der Waals surface area contributed by atoms with Crippen LogP contribution in [0.1, 0.15) is 35.7 Å². The molecule has 0 bridgehead atoms. The molecular formula is C20H22ClNO5S. The zero-order chi connectivity index (χ0) is 20.1. The number of rotatable bonds is 7. The first-order valence-electron chi connectivity index (χ1n) is 9.11. The molecule has 0 amide bonds. The molecule has 1 heterocycles. The molecule has 1 fully saturated rings. The quantitative estimate of drug-likeness (QED) is 0.632. The van der Waals surface area contributed by atoms with E-state index in [2.05, 4.69) is 0 Å². The van der Waals surface area contributed by atoms with Crippen LogP contribution in [0, 0.1) is 0 Å². The Morgan fingerprint density at radius 3 is 2.57 bits per heavy atom. The summed E-state index contributed by atoms with van der Waals surface area (Å²) in [4.78, 5) is 12.6. The summed E-state index contributed by atoms with van der Waals surface area (Å²) in [6, 6.07) is 11.4. The molecule has 3 rings (SSSR count). The Bertz CT molecular complexity index is 955. The number of para-hydroxylation sites is 1. The van der Waals surface area contributed by atoms with Crippen molar-refractivity contribution in [2.24, 2.45) is 0 Å². The Morgan fingerprint density at radius 1 is 1.14 bits per heavy atom. The number of nitrogens with zero attached hydrogens (tertiary/aromatic N) is 1. The second-order valence-corrected chi connectivity index (χ2v) is 8.71. The molecule has 28 heavy (non-hydrogen) atoms. The van der Waals surface area contributed by atoms with Crippen molar-refractivity contribution in [1.29, 1.82) is 0 Å². The Labute approximate surface area is 170 Å². The average molecular weight is 424 g/mol. The molecule has 6 nitrogen and oxygen atoms in total. The van der Waals surface area contributed by atoms with Gasteiger partial charge in [0, 0.05) is 18.7 Å². The minimum absolute atomic E-state index is 0.00552. The normalized spacial score (nSPS) is 14.8. The summed E-state index contributed by atoms with van der Waals surface area (Å²) in [5.41, 5.74) is 0.741. The van der Waals surface area contributed by atoms with Gasteiger partial charge in [0.2, 0.25) is 10.0 Å². The number of hydrogen-bond acceptors (Lipinski definition) is 5. The standard InChI is InChI=1S/C20H22ClNO5S/c1-2-26-19-8-4-3-7-15(19)14-27-20(23)17-13-16(9-10-18(17)21)28(24,25)22-11-5-6-12-22/h3-4,7-10,13H,2,5-6,11-12,14H2,1H3. The molecule has 8 heteroatoms. The van der Waals surface area contributed by atoms with E-state index in [9.17, 15) is 13.2 Å². The lowest BCUT2D eigenvalue weighted by Crippen LogP contribution is -2.28. The van der Waals surface area contributed by atoms with Gasteiger partial charge < -0.3 is 9.47 Å². The maximum atomic E-state index is 12.7. The third-order valence-corrected chi connectivity index (χ3v) is 6.72. The van der Waals surface area contributed by atoms with Crippen LogP contribution in [0.3, 0.4) is 0 Å². The van der Waals surface area contributed by atoms with Crippen LogP contribution in [0.5, 0.6) is 5.75 Å². The summed E-state index contributed by atoms with van der Waals surface area (Å²) in [6.45, 7) is 3.33. The lowest BCUT2D eigenvalue weighted by molar-refractivity contribution is 0.0469. The number of hydrogen-bond donors (Lipinski definition) is 0. The molecule has 2 aromatic rings. The molecule has 150 valence electrons. The summed E-state index contributed by atoms with van der Waals surface area (Å²) in [6.07, 6.45) is 1.67. The lowest BCUT2D eigenvalue weighted by Gasteiger charge is -2.16. The highest BCUT2D eigenvalue weighted by molar-refractivity contribution is 7.89. The highest BCUT2D eigenvalue weighted by Crippen LogP contribution is 2.26. The van der Waals surface area contributed by atoms with Crippen molar-refractivity contribution in [3.05, 3.63) is 58.6 Å². The molecule has 1 saturated heterocycles. The van der Waals surface area contributed by atoms with Gasteiger partial charge in [0.05, 0.1) is 22.1 Å². The number of esters is 1. The van der Waals surface area contributed by atoms with Crippen LogP contribution in [0.4, 0.5) is 0 Å². The van der Waals surface area contributed by atoms with E-state index in [0.717, 1.165) is 18.4 Å². The van der Waals surface area contributed by atoms with E-state index in [4.69, 9.17) is 21.1 Å². The van der Waals surface area contributed by atoms with Gasteiger partial charge in [-0.3, -0.25) is 0 Å². The molecule has 0 N–H and O–H groups in total. The highest BCUT2D eigenvalue weighted by atomic mass is 35.5. The van der Waals surface area contributed by atoms with Crippen LogP contribution >= 0.6 is 11.6 Å². The fourth-order valence-electron chi connectivity index (χ4n) is 3.04. The van der Waals surface area contributed by atoms with Crippen molar-refractivity contribution in [3.63, 3.8) is 0 Å². The molecule has 0 aliphatic carbocycles. The van der Waals surface area contributed by atoms with E-state index in [1.165, 1.54) is 22.5 Å². The van der Waals surface area contributed by atoms with Gasteiger partial charge in [0.15, 0.2) is 0 Å². The minimum Gasteiger partial charge on any atom is -0.493 e. The third-order valence-electron chi connectivity index (χ3n) is 4.49. The van der Waals surface area contributed by atoms with Crippen LogP contribution < -0.4 is 4.74 Å². The average Bonchev–Trinajstić information content (AvgIpc) is 3.23. The first-order chi connectivity index (χ1) is 13.4. The molecule has 0 aromatic heterocycles. The zero-order valence-electron chi connectivity index (χ0n) is 15.6. The minimum atomic E-state index is -3.65. The Morgan fingerprint density at radius 2 is 1.86 bits per heavy atom. The fourth-order valence-corrected chi connectivity index (χ4v) is 4.78. The maximum Gasteiger partial charge on any atom is 0.340 e. The zero-order valence-corrected chi connectivity index (χ0v) is 17.1. The van der Waals surface area contributed by atoms with Crippen molar-refractivity contribution < 1.29 is 22.7 Å². The molecular weight excluding hydrogens is 402 g/mol. The summed E-state index contributed by atoms with van der Waals surface area (Å²) in [5.74, 6) is -0.0518. The Balaban J connectivity index is 1.79. The van der Waals surface area contributed by atoms with Crippen molar-refractivity contribution in [2.75, 3.05) is 19.7 Å². The monoisotopic (exact) mass is 423 g/mol. The first kappa shape index (κ1) is 20.6. The molecule has 1 aliphatic heterocycles. The summed E-state index contributed by atoms with van der Waals surface area (Å²) < 4.78 is 37.8. The number of carbonyl (C=O) groups excluding carboxylic acids is 1. The fraction of sp³-hybridized carbons (Fsp3) is 0.350. The first-order valence-corrected chi connectivity index (χ1v) is 10.9. The van der Waals surface area contributed by atoms with Gasteiger partial charge in [-0.05, 0) is 44.0 Å². The third kappa shape index (κ3) is 4.48. The van der Waals surface area contributed by atoms with E-state index in [0.29, 0.717) is 25.4 Å². The van der Waals surface area contributed by atoms with E-state index in [1.807, 2.05) is 19.1 Å². The van der Waals surface area contributed by atoms with E-state index < -0.39 is 16.0 Å². The van der Waals surface area contributed by atoms with Gasteiger partial charge in [0.1, 0.15) is 12.4 Å². The Hall–Kier alpha value is -2.09. The predicted molar refractivity (Wildman–Crippen MR) is 106 cm³/mol. The van der Waals surface area contributed by atoms with Crippen LogP contribution in [0.15, 0.2) is 47.4 Å². The summed E-state index contributed by atoms with van der Waals surface area (Å²) in [7, 11) is -3.65. The molecule has 2 aromatic carbocycles. The van der Waals surface area contributed by atoms with Gasteiger partial charge in [0.25, 0.3) is 0 Å². The smallest absolute Gasteiger partial charge is 0.340 e. The van der Waals surface area contributed by atoms with E-state index in [-0.39, 0.29) is 22.1 Å². The van der Waals surface area contributed by atoms with Gasteiger partial charge in [-0.2, -0.15) is 4.31 Å². The van der Waals surface area contributed by atoms with Gasteiger partial charge in [-0.25, -0.2) is 13.2 Å². The predicted octanol–water partition coefficient (Wildman–Crippen LogP) is 3.88. The molecule has 0 unspecified atom stereocenters. The SMILES string of the molecule is CCOc1ccccc1COC(=O)c1cc(S(=O)(=O)N2CCCC2)ccc1Cl. The Kier molecular flexibility index (Phi) is 6.59. The molecule has 1 aliphatic rings. The van der Waals surface area contributed by atoms with Crippen molar-refractivity contribution in [3.8, 4) is 5.75 Å². The van der Waals surface area contributed by atoms with E-state index in [1.54, 1.807) is 12.1 Å². The van der Waals surface area contributed by atoms with Crippen LogP contribution in [0.2, 0.25) is 5.02 Å². The second kappa shape index (κ2) is 8.94. The number of ether oxygens (including phenoxy) is 2.